The number of hydrogen-bond donors (Lipinski definition) is 1. The molecule has 0 saturated carbocycles. The van der Waals surface area contributed by atoms with Gasteiger partial charge >= 0.3 is 6.09 Å². The fourth-order valence-corrected chi connectivity index (χ4v) is 4.45. The van der Waals surface area contributed by atoms with Crippen molar-refractivity contribution in [3.63, 3.8) is 0 Å². The molecule has 1 N–H and O–H groups in total. The van der Waals surface area contributed by atoms with Gasteiger partial charge in [0, 0.05) is 12.3 Å². The number of nitrogens with zero attached hydrogens (tertiary/aromatic N) is 1. The number of hydrogen-bond acceptors (Lipinski definition) is 4. The third-order valence-electron chi connectivity index (χ3n) is 5.50. The van der Waals surface area contributed by atoms with Gasteiger partial charge in [-0.15, -0.1) is 0 Å². The van der Waals surface area contributed by atoms with Crippen LogP contribution in [0.15, 0.2) is 48.5 Å². The van der Waals surface area contributed by atoms with Gasteiger partial charge in [0.2, 0.25) is 0 Å². The van der Waals surface area contributed by atoms with Crippen molar-refractivity contribution in [1.82, 2.24) is 4.90 Å². The van der Waals surface area contributed by atoms with Crippen LogP contribution < -0.4 is 0 Å². The lowest BCUT2D eigenvalue weighted by Crippen LogP contribution is -2.51. The molecule has 2 atom stereocenters. The summed E-state index contributed by atoms with van der Waals surface area (Å²) in [6, 6.07) is 16.6. The number of rotatable bonds is 3. The number of likely N-dealkylation sites (tertiary alicyclic amines) is 1. The molecule has 5 heteroatoms. The van der Waals surface area contributed by atoms with Crippen molar-refractivity contribution in [2.24, 2.45) is 0 Å². The summed E-state index contributed by atoms with van der Waals surface area (Å²) in [6.07, 6.45) is -0.659. The van der Waals surface area contributed by atoms with E-state index in [2.05, 4.69) is 24.3 Å². The van der Waals surface area contributed by atoms with Crippen LogP contribution in [0.2, 0.25) is 0 Å². The predicted octanol–water partition coefficient (Wildman–Crippen LogP) is 4.19. The SMILES string of the molecule is CC(C)(C)O[C@H]1C[C@@H](O)CN(C(=O)OCC2c3ccccc3-c3ccccc32)C1. The second kappa shape index (κ2) is 7.81. The highest BCUT2D eigenvalue weighted by Crippen LogP contribution is 2.44. The van der Waals surface area contributed by atoms with E-state index < -0.39 is 12.2 Å². The summed E-state index contributed by atoms with van der Waals surface area (Å²) in [6.45, 7) is 6.93. The Labute approximate surface area is 172 Å². The van der Waals surface area contributed by atoms with Gasteiger partial charge in [-0.25, -0.2) is 4.79 Å². The molecule has 0 spiro atoms. The molecule has 154 valence electrons. The highest BCUT2D eigenvalue weighted by atomic mass is 16.6. The van der Waals surface area contributed by atoms with Crippen LogP contribution in [-0.2, 0) is 9.47 Å². The van der Waals surface area contributed by atoms with Crippen molar-refractivity contribution in [2.75, 3.05) is 19.7 Å². The van der Waals surface area contributed by atoms with Gasteiger partial charge in [0.15, 0.2) is 0 Å². The lowest BCUT2D eigenvalue weighted by atomic mass is 9.98. The first-order chi connectivity index (χ1) is 13.8. The summed E-state index contributed by atoms with van der Waals surface area (Å²) in [4.78, 5) is 14.3. The van der Waals surface area contributed by atoms with Gasteiger partial charge in [-0.1, -0.05) is 48.5 Å². The zero-order valence-corrected chi connectivity index (χ0v) is 17.3. The number of piperidine rings is 1. The number of aliphatic hydroxyl groups is 1. The Morgan fingerprint density at radius 2 is 1.62 bits per heavy atom. The van der Waals surface area contributed by atoms with Crippen LogP contribution in [0.4, 0.5) is 4.79 Å². The van der Waals surface area contributed by atoms with E-state index >= 15 is 0 Å². The number of amides is 1. The van der Waals surface area contributed by atoms with Gasteiger partial charge in [0.25, 0.3) is 0 Å². The average Bonchev–Trinajstić information content (AvgIpc) is 2.98. The Hall–Kier alpha value is -2.37. The number of fused-ring (bicyclic) bond motifs is 3. The molecule has 1 saturated heterocycles. The highest BCUT2D eigenvalue weighted by Gasteiger charge is 2.34. The molecule has 2 aromatic rings. The number of carbonyl (C=O) groups excluding carboxylic acids is 1. The fourth-order valence-electron chi connectivity index (χ4n) is 4.45. The summed E-state index contributed by atoms with van der Waals surface area (Å²) < 4.78 is 11.7. The number of ether oxygens (including phenoxy) is 2. The molecular formula is C24H29NO4. The van der Waals surface area contributed by atoms with Gasteiger partial charge in [-0.2, -0.15) is 0 Å². The lowest BCUT2D eigenvalue weighted by Gasteiger charge is -2.38. The minimum absolute atomic E-state index is 0.0303. The monoisotopic (exact) mass is 395 g/mol. The van der Waals surface area contributed by atoms with E-state index in [0.717, 1.165) is 0 Å². The van der Waals surface area contributed by atoms with Crippen molar-refractivity contribution >= 4 is 6.09 Å². The van der Waals surface area contributed by atoms with Crippen LogP contribution in [0.1, 0.15) is 44.2 Å². The van der Waals surface area contributed by atoms with Gasteiger partial charge in [-0.05, 0) is 43.0 Å². The van der Waals surface area contributed by atoms with Gasteiger partial charge < -0.3 is 19.5 Å². The topological polar surface area (TPSA) is 59.0 Å². The van der Waals surface area contributed by atoms with Crippen LogP contribution in [0.25, 0.3) is 11.1 Å². The van der Waals surface area contributed by atoms with Crippen LogP contribution in [0.3, 0.4) is 0 Å². The smallest absolute Gasteiger partial charge is 0.409 e. The Morgan fingerprint density at radius 1 is 1.03 bits per heavy atom. The molecule has 29 heavy (non-hydrogen) atoms. The van der Waals surface area contributed by atoms with E-state index in [1.807, 2.05) is 45.0 Å². The van der Waals surface area contributed by atoms with E-state index in [9.17, 15) is 9.90 Å². The zero-order chi connectivity index (χ0) is 20.6. The third-order valence-corrected chi connectivity index (χ3v) is 5.50. The van der Waals surface area contributed by atoms with E-state index in [1.165, 1.54) is 22.3 Å². The summed E-state index contributed by atoms with van der Waals surface area (Å²) >= 11 is 0. The largest absolute Gasteiger partial charge is 0.448 e. The first kappa shape index (κ1) is 19.9. The molecule has 1 amide bonds. The Balaban J connectivity index is 1.44. The van der Waals surface area contributed by atoms with Crippen molar-refractivity contribution in [3.05, 3.63) is 59.7 Å². The molecule has 1 aliphatic heterocycles. The maximum Gasteiger partial charge on any atom is 0.409 e. The second-order valence-electron chi connectivity index (χ2n) is 8.95. The van der Waals surface area contributed by atoms with E-state index in [4.69, 9.17) is 9.47 Å². The molecule has 0 radical (unpaired) electrons. The molecule has 0 aromatic heterocycles. The molecule has 5 nitrogen and oxygen atoms in total. The molecule has 1 aliphatic carbocycles. The zero-order valence-electron chi connectivity index (χ0n) is 17.3. The summed E-state index contributed by atoms with van der Waals surface area (Å²) in [5.41, 5.74) is 4.46. The van der Waals surface area contributed by atoms with Crippen LogP contribution >= 0.6 is 0 Å². The number of benzene rings is 2. The van der Waals surface area contributed by atoms with Crippen molar-refractivity contribution in [1.29, 1.82) is 0 Å². The summed E-state index contributed by atoms with van der Waals surface area (Å²) in [5.74, 6) is 0.0303. The molecule has 4 rings (SSSR count). The fraction of sp³-hybridized carbons (Fsp3) is 0.458. The normalized spacial score (nSPS) is 21.6. The van der Waals surface area contributed by atoms with Gasteiger partial charge in [0.05, 0.1) is 30.9 Å². The highest BCUT2D eigenvalue weighted by molar-refractivity contribution is 5.79. The standard InChI is InChI=1S/C24H29NO4/c1-24(2,3)29-17-12-16(26)13-25(14-17)23(27)28-15-22-20-10-6-4-8-18(20)19-9-5-7-11-21(19)22/h4-11,16-17,22,26H,12-15H2,1-3H3/t16-,17+/m1/s1. The maximum atomic E-state index is 12.8. The molecule has 2 aliphatic rings. The first-order valence-corrected chi connectivity index (χ1v) is 10.3. The first-order valence-electron chi connectivity index (χ1n) is 10.3. The molecular weight excluding hydrogens is 366 g/mol. The van der Waals surface area contributed by atoms with Gasteiger partial charge in [0.1, 0.15) is 6.61 Å². The number of β-amino-alcohol motifs (C(OH)–C–C–N with tert-alkyl or cyclic N) is 1. The van der Waals surface area contributed by atoms with E-state index in [-0.39, 0.29) is 30.8 Å². The quantitative estimate of drug-likeness (QED) is 0.847. The van der Waals surface area contributed by atoms with Crippen molar-refractivity contribution in [3.8, 4) is 11.1 Å². The average molecular weight is 395 g/mol. The Kier molecular flexibility index (Phi) is 5.36. The lowest BCUT2D eigenvalue weighted by molar-refractivity contribution is -0.106. The molecule has 1 fully saturated rings. The molecule has 0 unspecified atom stereocenters. The minimum Gasteiger partial charge on any atom is -0.448 e. The third kappa shape index (κ3) is 4.31. The molecule has 0 bridgehead atoms. The molecule has 2 aromatic carbocycles. The van der Waals surface area contributed by atoms with Gasteiger partial charge in [-0.3, -0.25) is 0 Å². The summed E-state index contributed by atoms with van der Waals surface area (Å²) in [5, 5.41) is 10.2. The number of carbonyl (C=O) groups is 1. The Bertz CT molecular complexity index is 843. The van der Waals surface area contributed by atoms with Crippen molar-refractivity contribution in [2.45, 2.75) is 50.9 Å². The maximum absolute atomic E-state index is 12.8. The Morgan fingerprint density at radius 3 is 2.21 bits per heavy atom. The molecule has 1 heterocycles. The van der Waals surface area contributed by atoms with E-state index in [1.54, 1.807) is 4.90 Å². The predicted molar refractivity (Wildman–Crippen MR) is 112 cm³/mol. The second-order valence-corrected chi connectivity index (χ2v) is 8.95. The van der Waals surface area contributed by atoms with Crippen molar-refractivity contribution < 1.29 is 19.4 Å². The van der Waals surface area contributed by atoms with Crippen LogP contribution in [0.5, 0.6) is 0 Å². The van der Waals surface area contributed by atoms with E-state index in [0.29, 0.717) is 13.0 Å². The van der Waals surface area contributed by atoms with Crippen LogP contribution in [0, 0.1) is 0 Å². The number of aliphatic hydroxyl groups excluding tert-OH is 1. The summed E-state index contributed by atoms with van der Waals surface area (Å²) in [7, 11) is 0. The van der Waals surface area contributed by atoms with Crippen LogP contribution in [-0.4, -0.2) is 53.6 Å². The minimum atomic E-state index is -0.600.